The first-order chi connectivity index (χ1) is 12.6. The van der Waals surface area contributed by atoms with Crippen LogP contribution in [0.5, 0.6) is 0 Å². The van der Waals surface area contributed by atoms with E-state index >= 15 is 0 Å². The van der Waals surface area contributed by atoms with E-state index in [4.69, 9.17) is 4.55 Å². The zero-order valence-corrected chi connectivity index (χ0v) is 14.3. The van der Waals surface area contributed by atoms with Gasteiger partial charge in [-0.05, 0) is 23.8 Å². The third-order valence-electron chi connectivity index (χ3n) is 3.93. The third-order valence-corrected chi connectivity index (χ3v) is 4.45. The third kappa shape index (κ3) is 3.14. The fourth-order valence-electron chi connectivity index (χ4n) is 2.79. The summed E-state index contributed by atoms with van der Waals surface area (Å²) in [5, 5.41) is 6.73. The second-order valence-corrected chi connectivity index (χ2v) is 6.61. The van der Waals surface area contributed by atoms with Gasteiger partial charge in [0.1, 0.15) is 17.4 Å². The lowest BCUT2D eigenvalue weighted by molar-refractivity contribution is 0.562. The molecule has 9 heteroatoms. The summed E-state index contributed by atoms with van der Waals surface area (Å²) in [6.07, 6.45) is 2.15. The molecule has 0 amide bonds. The highest BCUT2D eigenvalue weighted by atomic mass is 32.2. The van der Waals surface area contributed by atoms with E-state index in [1.165, 1.54) is 6.07 Å². The molecule has 26 heavy (non-hydrogen) atoms. The average Bonchev–Trinajstić information content (AvgIpc) is 3.21. The number of benzene rings is 1. The summed E-state index contributed by atoms with van der Waals surface area (Å²) in [6.45, 7) is 0. The Balaban J connectivity index is 1.78. The first kappa shape index (κ1) is 16.6. The van der Waals surface area contributed by atoms with Crippen molar-refractivity contribution in [2.45, 2.75) is 12.2 Å². The van der Waals surface area contributed by atoms with E-state index in [-0.39, 0.29) is 11.6 Å². The van der Waals surface area contributed by atoms with Crippen LogP contribution < -0.4 is 0 Å². The van der Waals surface area contributed by atoms with E-state index in [0.717, 1.165) is 5.52 Å². The molecule has 0 saturated heterocycles. The molecule has 7 nitrogen and oxygen atoms in total. The van der Waals surface area contributed by atoms with Crippen molar-refractivity contribution in [2.75, 3.05) is 0 Å². The average molecular weight is 371 g/mol. The van der Waals surface area contributed by atoms with Crippen molar-refractivity contribution >= 4 is 16.6 Å². The number of imidazole rings is 1. The fraction of sp³-hybridized carbons (Fsp3) is 0.118. The summed E-state index contributed by atoms with van der Waals surface area (Å²) in [4.78, 5) is 8.83. The molecular weight excluding hydrogens is 357 g/mol. The minimum absolute atomic E-state index is 0.140. The predicted octanol–water partition coefficient (Wildman–Crippen LogP) is 2.57. The molecule has 0 radical (unpaired) electrons. The second kappa shape index (κ2) is 6.77. The van der Waals surface area contributed by atoms with Gasteiger partial charge in [-0.1, -0.05) is 24.3 Å². The number of pyridine rings is 1. The number of H-pyrrole nitrogens is 1. The summed E-state index contributed by atoms with van der Waals surface area (Å²) < 4.78 is 35.7. The Kier molecular flexibility index (Phi) is 4.31. The number of fused-ring (bicyclic) bond motifs is 1. The van der Waals surface area contributed by atoms with Crippen LogP contribution in [-0.4, -0.2) is 33.3 Å². The number of hydrogen-bond donors (Lipinski definition) is 2. The van der Waals surface area contributed by atoms with Gasteiger partial charge in [-0.25, -0.2) is 18.6 Å². The van der Waals surface area contributed by atoms with Crippen LogP contribution in [0.3, 0.4) is 0 Å². The quantitative estimate of drug-likeness (QED) is 0.526. The number of hydrogen-bond acceptors (Lipinski definition) is 4. The minimum atomic E-state index is -2.01. The summed E-state index contributed by atoms with van der Waals surface area (Å²) >= 11 is -2.01. The molecule has 4 rings (SSSR count). The fourth-order valence-corrected chi connectivity index (χ4v) is 3.15. The number of halogens is 1. The van der Waals surface area contributed by atoms with E-state index in [0.29, 0.717) is 35.2 Å². The molecule has 0 spiro atoms. The molecule has 1 atom stereocenters. The first-order valence-corrected chi connectivity index (χ1v) is 9.08. The standard InChI is InChI=1S/C17H14FN5O2S/c18-12-6-2-1-5-11(12)9-13-14-7-3-4-8-23(14)17(19-13)16-20-15(21-22-16)10-26(24)25/h1-8H,9-10H2,(H,24,25)(H,20,21,22). The van der Waals surface area contributed by atoms with Crippen LogP contribution >= 0.6 is 0 Å². The van der Waals surface area contributed by atoms with Gasteiger partial charge in [0.15, 0.2) is 16.9 Å². The molecule has 0 aliphatic carbocycles. The van der Waals surface area contributed by atoms with E-state index in [1.54, 1.807) is 18.2 Å². The Hall–Kier alpha value is -2.91. The van der Waals surface area contributed by atoms with E-state index in [2.05, 4.69) is 20.2 Å². The molecule has 0 aliphatic heterocycles. The first-order valence-electron chi connectivity index (χ1n) is 7.80. The molecule has 1 unspecified atom stereocenters. The second-order valence-electron chi connectivity index (χ2n) is 5.68. The molecular formula is C17H14FN5O2S. The highest BCUT2D eigenvalue weighted by Crippen LogP contribution is 2.23. The van der Waals surface area contributed by atoms with Crippen LogP contribution in [0.15, 0.2) is 48.7 Å². The van der Waals surface area contributed by atoms with Crippen LogP contribution in [-0.2, 0) is 23.3 Å². The molecule has 3 aromatic heterocycles. The normalized spacial score (nSPS) is 12.5. The molecule has 132 valence electrons. The lowest BCUT2D eigenvalue weighted by Gasteiger charge is -2.01. The van der Waals surface area contributed by atoms with Crippen molar-refractivity contribution in [1.29, 1.82) is 0 Å². The van der Waals surface area contributed by atoms with Crippen LogP contribution in [0.2, 0.25) is 0 Å². The van der Waals surface area contributed by atoms with Gasteiger partial charge in [0, 0.05) is 12.6 Å². The van der Waals surface area contributed by atoms with E-state index in [9.17, 15) is 8.60 Å². The summed E-state index contributed by atoms with van der Waals surface area (Å²) in [7, 11) is 0. The maximum atomic E-state index is 14.0. The highest BCUT2D eigenvalue weighted by Gasteiger charge is 2.17. The SMILES string of the molecule is O=S(O)Cc1nc(-c2nc(Cc3ccccc3F)c3ccccn23)n[nH]1. The summed E-state index contributed by atoms with van der Waals surface area (Å²) in [5.41, 5.74) is 2.07. The van der Waals surface area contributed by atoms with E-state index < -0.39 is 11.1 Å². The molecule has 0 saturated carbocycles. The van der Waals surface area contributed by atoms with Crippen molar-refractivity contribution in [1.82, 2.24) is 24.6 Å². The van der Waals surface area contributed by atoms with Crippen molar-refractivity contribution < 1.29 is 13.2 Å². The largest absolute Gasteiger partial charge is 0.306 e. The van der Waals surface area contributed by atoms with Gasteiger partial charge in [0.25, 0.3) is 0 Å². The van der Waals surface area contributed by atoms with Gasteiger partial charge in [0.05, 0.1) is 11.2 Å². The van der Waals surface area contributed by atoms with Crippen molar-refractivity contribution in [2.24, 2.45) is 0 Å². The highest BCUT2D eigenvalue weighted by molar-refractivity contribution is 7.78. The number of nitrogens with zero attached hydrogens (tertiary/aromatic N) is 4. The van der Waals surface area contributed by atoms with Crippen molar-refractivity contribution in [3.63, 3.8) is 0 Å². The Morgan fingerprint density at radius 1 is 1.15 bits per heavy atom. The van der Waals surface area contributed by atoms with Crippen LogP contribution in [0.1, 0.15) is 17.1 Å². The zero-order valence-electron chi connectivity index (χ0n) is 13.5. The topological polar surface area (TPSA) is 96.2 Å². The molecule has 0 aliphatic rings. The van der Waals surface area contributed by atoms with Crippen molar-refractivity contribution in [3.8, 4) is 11.6 Å². The van der Waals surface area contributed by atoms with Gasteiger partial charge in [0.2, 0.25) is 5.82 Å². The molecule has 0 bridgehead atoms. The van der Waals surface area contributed by atoms with E-state index in [1.807, 2.05) is 28.8 Å². The maximum absolute atomic E-state index is 14.0. The van der Waals surface area contributed by atoms with Crippen molar-refractivity contribution in [3.05, 3.63) is 71.6 Å². The Morgan fingerprint density at radius 2 is 1.96 bits per heavy atom. The van der Waals surface area contributed by atoms with Gasteiger partial charge in [-0.15, -0.1) is 0 Å². The van der Waals surface area contributed by atoms with Gasteiger partial charge >= 0.3 is 0 Å². The molecule has 1 aromatic carbocycles. The Bertz CT molecular complexity index is 1110. The molecule has 3 heterocycles. The number of aromatic amines is 1. The van der Waals surface area contributed by atoms with Crippen LogP contribution in [0, 0.1) is 5.82 Å². The number of aromatic nitrogens is 5. The molecule has 0 fully saturated rings. The van der Waals surface area contributed by atoms with Gasteiger partial charge < -0.3 is 4.55 Å². The summed E-state index contributed by atoms with van der Waals surface area (Å²) in [5.74, 6) is 0.670. The smallest absolute Gasteiger partial charge is 0.217 e. The lowest BCUT2D eigenvalue weighted by Crippen LogP contribution is -1.95. The maximum Gasteiger partial charge on any atom is 0.217 e. The van der Waals surface area contributed by atoms with Gasteiger partial charge in [-0.2, -0.15) is 5.10 Å². The zero-order chi connectivity index (χ0) is 18.1. The number of nitrogens with one attached hydrogen (secondary N) is 1. The van der Waals surface area contributed by atoms with Gasteiger partial charge in [-0.3, -0.25) is 9.50 Å². The number of rotatable bonds is 5. The Morgan fingerprint density at radius 3 is 2.77 bits per heavy atom. The Labute approximate surface area is 150 Å². The van der Waals surface area contributed by atoms with Crippen LogP contribution in [0.4, 0.5) is 4.39 Å². The predicted molar refractivity (Wildman–Crippen MR) is 94.2 cm³/mol. The molecule has 4 aromatic rings. The monoisotopic (exact) mass is 371 g/mol. The lowest BCUT2D eigenvalue weighted by atomic mass is 10.1. The minimum Gasteiger partial charge on any atom is -0.306 e. The molecule has 2 N–H and O–H groups in total. The summed E-state index contributed by atoms with van der Waals surface area (Å²) in [6, 6.07) is 12.2. The van der Waals surface area contributed by atoms with Crippen LogP contribution in [0.25, 0.3) is 17.2 Å².